The number of carboxylic acids is 1. The molecule has 2 atom stereocenters. The summed E-state index contributed by atoms with van der Waals surface area (Å²) in [5.74, 6) is -1.37. The maximum atomic E-state index is 12.4. The van der Waals surface area contributed by atoms with Crippen LogP contribution < -0.4 is 0 Å². The fourth-order valence-electron chi connectivity index (χ4n) is 3.07. The Morgan fingerprint density at radius 3 is 2.23 bits per heavy atom. The SMILES string of the molecule is CC(C)[C@](C(=O)O)(C1CCCCO1)N(C)C(=O)OC(C)(C)C. The van der Waals surface area contributed by atoms with E-state index in [2.05, 4.69) is 0 Å². The number of likely N-dealkylation sites (N-methyl/N-ethyl adjacent to an activating group) is 1. The van der Waals surface area contributed by atoms with Gasteiger partial charge in [-0.05, 0) is 46.0 Å². The molecular formula is C16H29NO5. The molecule has 0 aromatic carbocycles. The summed E-state index contributed by atoms with van der Waals surface area (Å²) in [6.45, 7) is 9.39. The van der Waals surface area contributed by atoms with Crippen molar-refractivity contribution in [1.82, 2.24) is 4.90 Å². The molecule has 0 aliphatic carbocycles. The molecule has 0 aromatic heterocycles. The highest BCUT2D eigenvalue weighted by Crippen LogP contribution is 2.36. The van der Waals surface area contributed by atoms with Crippen LogP contribution >= 0.6 is 0 Å². The van der Waals surface area contributed by atoms with Gasteiger partial charge in [0.05, 0.1) is 6.10 Å². The van der Waals surface area contributed by atoms with Gasteiger partial charge in [-0.25, -0.2) is 9.59 Å². The van der Waals surface area contributed by atoms with Gasteiger partial charge in [0, 0.05) is 13.7 Å². The minimum atomic E-state index is -1.43. The Morgan fingerprint density at radius 2 is 1.86 bits per heavy atom. The van der Waals surface area contributed by atoms with Crippen molar-refractivity contribution >= 4 is 12.1 Å². The lowest BCUT2D eigenvalue weighted by Gasteiger charge is -2.47. The van der Waals surface area contributed by atoms with Gasteiger partial charge in [0.2, 0.25) is 0 Å². The molecule has 1 rings (SSSR count). The lowest BCUT2D eigenvalue weighted by atomic mass is 9.77. The van der Waals surface area contributed by atoms with Gasteiger partial charge in [-0.15, -0.1) is 0 Å². The number of nitrogens with zero attached hydrogens (tertiary/aromatic N) is 1. The minimum absolute atomic E-state index is 0.314. The topological polar surface area (TPSA) is 76.1 Å². The van der Waals surface area contributed by atoms with Crippen LogP contribution in [0.3, 0.4) is 0 Å². The third-order valence-corrected chi connectivity index (χ3v) is 4.12. The maximum absolute atomic E-state index is 12.4. The molecule has 1 aliphatic rings. The molecular weight excluding hydrogens is 286 g/mol. The standard InChI is InChI=1S/C16H29NO5/c1-11(2)16(13(18)19,12-9-7-8-10-21-12)17(6)14(20)22-15(3,4)5/h11-12H,7-10H2,1-6H3,(H,18,19)/t12?,16-/m1/s1. The van der Waals surface area contributed by atoms with Crippen molar-refractivity contribution in [3.8, 4) is 0 Å². The molecule has 0 aromatic rings. The first kappa shape index (κ1) is 18.7. The molecule has 1 fully saturated rings. The number of aliphatic carboxylic acids is 1. The van der Waals surface area contributed by atoms with Crippen LogP contribution in [-0.4, -0.2) is 53.0 Å². The first-order valence-electron chi connectivity index (χ1n) is 7.85. The molecule has 1 heterocycles. The number of ether oxygens (including phenoxy) is 2. The van der Waals surface area contributed by atoms with Gasteiger partial charge in [-0.1, -0.05) is 13.8 Å². The van der Waals surface area contributed by atoms with E-state index in [0.29, 0.717) is 13.0 Å². The third-order valence-electron chi connectivity index (χ3n) is 4.12. The number of rotatable bonds is 4. The highest BCUT2D eigenvalue weighted by molar-refractivity contribution is 5.85. The average Bonchev–Trinajstić information content (AvgIpc) is 2.37. The summed E-state index contributed by atoms with van der Waals surface area (Å²) in [6.07, 6.45) is 1.26. The normalized spacial score (nSPS) is 22.0. The first-order valence-corrected chi connectivity index (χ1v) is 7.85. The number of carboxylic acid groups (broad SMARTS) is 1. The van der Waals surface area contributed by atoms with E-state index in [1.165, 1.54) is 11.9 Å². The number of amides is 1. The van der Waals surface area contributed by atoms with Crippen LogP contribution in [0, 0.1) is 5.92 Å². The van der Waals surface area contributed by atoms with E-state index in [9.17, 15) is 14.7 Å². The van der Waals surface area contributed by atoms with Crippen LogP contribution in [0.4, 0.5) is 4.79 Å². The fourth-order valence-corrected chi connectivity index (χ4v) is 3.07. The van der Waals surface area contributed by atoms with Crippen molar-refractivity contribution in [1.29, 1.82) is 0 Å². The quantitative estimate of drug-likeness (QED) is 0.863. The molecule has 1 saturated heterocycles. The molecule has 0 saturated carbocycles. The number of carbonyl (C=O) groups excluding carboxylic acids is 1. The second kappa shape index (κ2) is 6.86. The van der Waals surface area contributed by atoms with Gasteiger partial charge < -0.3 is 14.6 Å². The second-order valence-corrected chi connectivity index (χ2v) is 7.18. The summed E-state index contributed by atoms with van der Waals surface area (Å²) in [5.41, 5.74) is -2.11. The summed E-state index contributed by atoms with van der Waals surface area (Å²) >= 11 is 0. The van der Waals surface area contributed by atoms with Crippen LogP contribution in [0.2, 0.25) is 0 Å². The van der Waals surface area contributed by atoms with E-state index >= 15 is 0 Å². The van der Waals surface area contributed by atoms with Crippen LogP contribution in [0.25, 0.3) is 0 Å². The molecule has 0 bridgehead atoms. The Balaban J connectivity index is 3.18. The number of carbonyl (C=O) groups is 2. The Hall–Kier alpha value is -1.30. The third kappa shape index (κ3) is 3.72. The van der Waals surface area contributed by atoms with Gasteiger partial charge >= 0.3 is 12.1 Å². The van der Waals surface area contributed by atoms with Crippen LogP contribution in [0.1, 0.15) is 53.9 Å². The Morgan fingerprint density at radius 1 is 1.27 bits per heavy atom. The fraction of sp³-hybridized carbons (Fsp3) is 0.875. The molecule has 128 valence electrons. The van der Waals surface area contributed by atoms with Gasteiger partial charge in [0.15, 0.2) is 5.54 Å². The first-order chi connectivity index (χ1) is 10.0. The predicted octanol–water partition coefficient (Wildman–Crippen LogP) is 2.90. The Labute approximate surface area is 132 Å². The average molecular weight is 315 g/mol. The smallest absolute Gasteiger partial charge is 0.411 e. The van der Waals surface area contributed by atoms with E-state index in [1.54, 1.807) is 34.6 Å². The summed E-state index contributed by atoms with van der Waals surface area (Å²) in [4.78, 5) is 25.8. The largest absolute Gasteiger partial charge is 0.479 e. The van der Waals surface area contributed by atoms with Gasteiger partial charge in [0.25, 0.3) is 0 Å². The van der Waals surface area contributed by atoms with Crippen LogP contribution in [0.15, 0.2) is 0 Å². The van der Waals surface area contributed by atoms with Crippen molar-refractivity contribution < 1.29 is 24.2 Å². The highest BCUT2D eigenvalue weighted by Gasteiger charge is 2.55. The van der Waals surface area contributed by atoms with Crippen molar-refractivity contribution in [2.24, 2.45) is 5.92 Å². The van der Waals surface area contributed by atoms with Crippen molar-refractivity contribution in [3.63, 3.8) is 0 Å². The van der Waals surface area contributed by atoms with E-state index in [1.807, 2.05) is 0 Å². The van der Waals surface area contributed by atoms with E-state index in [0.717, 1.165) is 12.8 Å². The second-order valence-electron chi connectivity index (χ2n) is 7.18. The molecule has 0 radical (unpaired) electrons. The van der Waals surface area contributed by atoms with Crippen molar-refractivity contribution in [2.75, 3.05) is 13.7 Å². The molecule has 1 amide bonds. The Kier molecular flexibility index (Phi) is 5.84. The zero-order chi connectivity index (χ0) is 17.1. The zero-order valence-electron chi connectivity index (χ0n) is 14.5. The lowest BCUT2D eigenvalue weighted by Crippen LogP contribution is -2.67. The molecule has 0 spiro atoms. The minimum Gasteiger partial charge on any atom is -0.479 e. The summed E-state index contributed by atoms with van der Waals surface area (Å²) in [6, 6.07) is 0. The monoisotopic (exact) mass is 315 g/mol. The Bertz CT molecular complexity index is 409. The van der Waals surface area contributed by atoms with Gasteiger partial charge in [0.1, 0.15) is 5.60 Å². The number of hydrogen-bond donors (Lipinski definition) is 1. The van der Waals surface area contributed by atoms with Crippen LogP contribution in [0.5, 0.6) is 0 Å². The number of hydrogen-bond acceptors (Lipinski definition) is 4. The molecule has 1 unspecified atom stereocenters. The van der Waals surface area contributed by atoms with Gasteiger partial charge in [-0.3, -0.25) is 4.90 Å². The van der Waals surface area contributed by atoms with E-state index < -0.39 is 29.3 Å². The van der Waals surface area contributed by atoms with Crippen LogP contribution in [-0.2, 0) is 14.3 Å². The molecule has 22 heavy (non-hydrogen) atoms. The van der Waals surface area contributed by atoms with Gasteiger partial charge in [-0.2, -0.15) is 0 Å². The predicted molar refractivity (Wildman–Crippen MR) is 82.8 cm³/mol. The molecule has 1 N–H and O–H groups in total. The lowest BCUT2D eigenvalue weighted by molar-refractivity contribution is -0.172. The molecule has 6 heteroatoms. The van der Waals surface area contributed by atoms with Crippen molar-refractivity contribution in [3.05, 3.63) is 0 Å². The highest BCUT2D eigenvalue weighted by atomic mass is 16.6. The van der Waals surface area contributed by atoms with E-state index in [-0.39, 0.29) is 5.92 Å². The summed E-state index contributed by atoms with van der Waals surface area (Å²) < 4.78 is 11.1. The van der Waals surface area contributed by atoms with Crippen molar-refractivity contribution in [2.45, 2.75) is 71.1 Å². The zero-order valence-corrected chi connectivity index (χ0v) is 14.5. The van der Waals surface area contributed by atoms with E-state index in [4.69, 9.17) is 9.47 Å². The molecule has 1 aliphatic heterocycles. The summed E-state index contributed by atoms with van der Waals surface area (Å²) in [7, 11) is 1.49. The maximum Gasteiger partial charge on any atom is 0.411 e. The summed E-state index contributed by atoms with van der Waals surface area (Å²) in [5, 5.41) is 9.93. The molecule has 6 nitrogen and oxygen atoms in total.